The van der Waals surface area contributed by atoms with Crippen LogP contribution in [0.3, 0.4) is 0 Å². The van der Waals surface area contributed by atoms with Crippen LogP contribution < -0.4 is 19.5 Å². The van der Waals surface area contributed by atoms with Crippen LogP contribution in [0.1, 0.15) is 18.1 Å². The Morgan fingerprint density at radius 3 is 2.29 bits per heavy atom. The zero-order valence-electron chi connectivity index (χ0n) is 14.7. The number of benzene rings is 1. The molecule has 1 aromatic carbocycles. The zero-order valence-corrected chi connectivity index (χ0v) is 14.7. The van der Waals surface area contributed by atoms with Crippen molar-refractivity contribution in [2.75, 3.05) is 28.4 Å². The van der Waals surface area contributed by atoms with E-state index in [4.69, 9.17) is 14.2 Å². The van der Waals surface area contributed by atoms with E-state index in [-0.39, 0.29) is 17.5 Å². The molecule has 1 saturated heterocycles. The van der Waals surface area contributed by atoms with Crippen LogP contribution in [0.25, 0.3) is 6.08 Å². The van der Waals surface area contributed by atoms with Gasteiger partial charge in [0, 0.05) is 18.2 Å². The average molecular weight is 334 g/mol. The second-order valence-corrected chi connectivity index (χ2v) is 5.50. The first-order valence-corrected chi connectivity index (χ1v) is 7.45. The van der Waals surface area contributed by atoms with Crippen molar-refractivity contribution < 1.29 is 23.8 Å². The van der Waals surface area contributed by atoms with Gasteiger partial charge in [0.25, 0.3) is 5.91 Å². The van der Waals surface area contributed by atoms with Gasteiger partial charge in [-0.1, -0.05) is 0 Å². The number of nitrogens with one attached hydrogen (secondary N) is 1. The lowest BCUT2D eigenvalue weighted by Gasteiger charge is -2.30. The molecule has 1 heterocycles. The second-order valence-electron chi connectivity index (χ2n) is 5.50. The minimum atomic E-state index is -0.510. The third-order valence-electron chi connectivity index (χ3n) is 4.15. The number of hydrogen-bond acceptors (Lipinski definition) is 5. The Hall–Kier alpha value is -2.70. The molecule has 1 aliphatic rings. The van der Waals surface area contributed by atoms with Crippen LogP contribution in [0, 0.1) is 6.92 Å². The van der Waals surface area contributed by atoms with E-state index in [9.17, 15) is 9.59 Å². The van der Waals surface area contributed by atoms with Crippen LogP contribution in [-0.4, -0.2) is 51.1 Å². The highest BCUT2D eigenvalue weighted by molar-refractivity contribution is 6.07. The Morgan fingerprint density at radius 1 is 1.12 bits per heavy atom. The lowest BCUT2D eigenvalue weighted by atomic mass is 10.0. The van der Waals surface area contributed by atoms with Gasteiger partial charge in [-0.25, -0.2) is 0 Å². The number of carbonyl (C=O) groups is 2. The molecular formula is C17H22N2O5. The van der Waals surface area contributed by atoms with E-state index in [0.717, 1.165) is 5.56 Å². The molecule has 1 aliphatic heterocycles. The van der Waals surface area contributed by atoms with Crippen molar-refractivity contribution in [3.05, 3.63) is 22.9 Å². The minimum absolute atomic E-state index is 0.186. The van der Waals surface area contributed by atoms with E-state index in [1.54, 1.807) is 33.2 Å². The Kier molecular flexibility index (Phi) is 5.02. The van der Waals surface area contributed by atoms with Crippen LogP contribution in [0.2, 0.25) is 0 Å². The second kappa shape index (κ2) is 6.82. The fourth-order valence-electron chi connectivity index (χ4n) is 2.65. The monoisotopic (exact) mass is 334 g/mol. The van der Waals surface area contributed by atoms with E-state index in [2.05, 4.69) is 5.32 Å². The van der Waals surface area contributed by atoms with Gasteiger partial charge in [-0.05, 0) is 26.0 Å². The summed E-state index contributed by atoms with van der Waals surface area (Å²) in [6, 6.07) is 1.19. The smallest absolute Gasteiger partial charge is 0.270 e. The van der Waals surface area contributed by atoms with Gasteiger partial charge in [-0.3, -0.25) is 9.59 Å². The van der Waals surface area contributed by atoms with Crippen LogP contribution in [0.15, 0.2) is 11.8 Å². The van der Waals surface area contributed by atoms with Gasteiger partial charge < -0.3 is 24.4 Å². The first kappa shape index (κ1) is 17.7. The molecule has 1 atom stereocenters. The molecule has 1 N–H and O–H groups in total. The summed E-state index contributed by atoms with van der Waals surface area (Å²) in [7, 11) is 6.20. The summed E-state index contributed by atoms with van der Waals surface area (Å²) in [6.07, 6.45) is 1.58. The van der Waals surface area contributed by atoms with Gasteiger partial charge in [-0.15, -0.1) is 0 Å². The molecule has 0 spiro atoms. The largest absolute Gasteiger partial charge is 0.496 e. The van der Waals surface area contributed by atoms with Gasteiger partial charge in [0.05, 0.1) is 21.3 Å². The first-order valence-electron chi connectivity index (χ1n) is 7.45. The molecule has 2 amide bonds. The van der Waals surface area contributed by atoms with Crippen LogP contribution in [0.5, 0.6) is 17.2 Å². The number of rotatable bonds is 4. The highest BCUT2D eigenvalue weighted by Crippen LogP contribution is 2.40. The molecule has 1 fully saturated rings. The molecule has 0 radical (unpaired) electrons. The summed E-state index contributed by atoms with van der Waals surface area (Å²) < 4.78 is 16.1. The van der Waals surface area contributed by atoms with Gasteiger partial charge in [0.15, 0.2) is 11.5 Å². The van der Waals surface area contributed by atoms with Crippen LogP contribution in [-0.2, 0) is 9.59 Å². The number of carbonyl (C=O) groups excluding carboxylic acids is 2. The Balaban J connectivity index is 2.58. The maximum Gasteiger partial charge on any atom is 0.270 e. The van der Waals surface area contributed by atoms with Crippen molar-refractivity contribution in [3.63, 3.8) is 0 Å². The van der Waals surface area contributed by atoms with Crippen LogP contribution in [0.4, 0.5) is 0 Å². The molecule has 24 heavy (non-hydrogen) atoms. The van der Waals surface area contributed by atoms with Crippen molar-refractivity contribution in [1.29, 1.82) is 0 Å². The summed E-state index contributed by atoms with van der Waals surface area (Å²) in [5, 5.41) is 2.63. The molecule has 0 unspecified atom stereocenters. The number of hydrogen-bond donors (Lipinski definition) is 1. The Morgan fingerprint density at radius 2 is 1.75 bits per heavy atom. The van der Waals surface area contributed by atoms with E-state index >= 15 is 0 Å². The lowest BCUT2D eigenvalue weighted by molar-refractivity contribution is -0.139. The molecular weight excluding hydrogens is 312 g/mol. The maximum atomic E-state index is 12.4. The minimum Gasteiger partial charge on any atom is -0.496 e. The SMILES string of the molecule is COc1cc(/C=C2\NC(=O)[C@H](C)N(C)C2=O)c(OC)c(C)c1OC. The van der Waals surface area contributed by atoms with Gasteiger partial charge in [0.2, 0.25) is 5.91 Å². The average Bonchev–Trinajstić information content (AvgIpc) is 2.57. The lowest BCUT2D eigenvalue weighted by Crippen LogP contribution is -2.53. The molecule has 7 nitrogen and oxygen atoms in total. The predicted molar refractivity (Wildman–Crippen MR) is 89.2 cm³/mol. The summed E-state index contributed by atoms with van der Waals surface area (Å²) in [5.74, 6) is 1.11. The number of likely N-dealkylation sites (N-methyl/N-ethyl adjacent to an activating group) is 1. The number of nitrogens with zero attached hydrogens (tertiary/aromatic N) is 1. The molecule has 0 bridgehead atoms. The van der Waals surface area contributed by atoms with E-state index in [1.165, 1.54) is 19.1 Å². The Labute approximate surface area is 141 Å². The maximum absolute atomic E-state index is 12.4. The molecule has 1 aromatic rings. The topological polar surface area (TPSA) is 77.1 Å². The molecule has 0 aliphatic carbocycles. The van der Waals surface area contributed by atoms with Crippen LogP contribution >= 0.6 is 0 Å². The van der Waals surface area contributed by atoms with E-state index in [0.29, 0.717) is 22.8 Å². The first-order chi connectivity index (χ1) is 11.3. The number of piperazine rings is 1. The third-order valence-corrected chi connectivity index (χ3v) is 4.15. The fourth-order valence-corrected chi connectivity index (χ4v) is 2.65. The summed E-state index contributed by atoms with van der Waals surface area (Å²) in [6.45, 7) is 3.50. The molecule has 0 saturated carbocycles. The van der Waals surface area contributed by atoms with Crippen molar-refractivity contribution in [3.8, 4) is 17.2 Å². The normalized spacial score (nSPS) is 19.3. The number of ether oxygens (including phenoxy) is 3. The molecule has 130 valence electrons. The van der Waals surface area contributed by atoms with Crippen molar-refractivity contribution in [2.45, 2.75) is 19.9 Å². The van der Waals surface area contributed by atoms with Gasteiger partial charge >= 0.3 is 0 Å². The molecule has 7 heteroatoms. The van der Waals surface area contributed by atoms with Gasteiger partial charge in [-0.2, -0.15) is 0 Å². The highest BCUT2D eigenvalue weighted by atomic mass is 16.5. The van der Waals surface area contributed by atoms with Crippen molar-refractivity contribution >= 4 is 17.9 Å². The third kappa shape index (κ3) is 2.89. The summed E-state index contributed by atoms with van der Waals surface area (Å²) >= 11 is 0. The fraction of sp³-hybridized carbons (Fsp3) is 0.412. The standard InChI is InChI=1S/C17H22N2O5/c1-9-14(23-5)11(8-13(22-4)15(9)24-6)7-12-17(21)19(3)10(2)16(20)18-12/h7-8,10H,1-6H3,(H,18,20)/b12-7-/t10-/m0/s1. The zero-order chi connectivity index (χ0) is 18.0. The van der Waals surface area contributed by atoms with E-state index < -0.39 is 6.04 Å². The quantitative estimate of drug-likeness (QED) is 0.841. The Bertz CT molecular complexity index is 711. The molecule has 0 aromatic heterocycles. The predicted octanol–water partition coefficient (Wildman–Crippen LogP) is 1.34. The molecule has 2 rings (SSSR count). The van der Waals surface area contributed by atoms with Crippen molar-refractivity contribution in [2.24, 2.45) is 0 Å². The van der Waals surface area contributed by atoms with E-state index in [1.807, 2.05) is 6.92 Å². The summed E-state index contributed by atoms with van der Waals surface area (Å²) in [4.78, 5) is 25.8. The van der Waals surface area contributed by atoms with Gasteiger partial charge in [0.1, 0.15) is 17.5 Å². The number of methoxy groups -OCH3 is 3. The van der Waals surface area contributed by atoms with Crippen molar-refractivity contribution in [1.82, 2.24) is 10.2 Å². The highest BCUT2D eigenvalue weighted by Gasteiger charge is 2.32. The number of amides is 2. The summed E-state index contributed by atoms with van der Waals surface area (Å²) in [5.41, 5.74) is 1.53.